The quantitative estimate of drug-likeness (QED) is 0.583. The summed E-state index contributed by atoms with van der Waals surface area (Å²) in [4.78, 5) is 14.4. The number of sulfonamides is 1. The third-order valence-corrected chi connectivity index (χ3v) is 6.54. The van der Waals surface area contributed by atoms with Crippen molar-refractivity contribution < 1.29 is 13.2 Å². The molecular formula is C22H21ClN2O3S. The third kappa shape index (κ3) is 4.78. The van der Waals surface area contributed by atoms with Crippen molar-refractivity contribution >= 4 is 33.2 Å². The summed E-state index contributed by atoms with van der Waals surface area (Å²) >= 11 is 5.98. The highest BCUT2D eigenvalue weighted by molar-refractivity contribution is 7.92. The second-order valence-corrected chi connectivity index (χ2v) is 9.03. The van der Waals surface area contributed by atoms with E-state index in [2.05, 4.69) is 0 Å². The zero-order chi connectivity index (χ0) is 21.0. The van der Waals surface area contributed by atoms with Gasteiger partial charge in [0.1, 0.15) is 0 Å². The van der Waals surface area contributed by atoms with Gasteiger partial charge in [-0.15, -0.1) is 0 Å². The Labute approximate surface area is 176 Å². The molecular weight excluding hydrogens is 408 g/mol. The number of rotatable bonds is 6. The van der Waals surface area contributed by atoms with Crippen LogP contribution in [0.2, 0.25) is 5.02 Å². The normalized spacial score (nSPS) is 11.1. The van der Waals surface area contributed by atoms with Crippen molar-refractivity contribution in [3.05, 3.63) is 95.0 Å². The number of halogens is 1. The van der Waals surface area contributed by atoms with Crippen LogP contribution in [0.1, 0.15) is 15.9 Å². The number of carbonyl (C=O) groups is 1. The minimum atomic E-state index is -3.85. The van der Waals surface area contributed by atoms with Gasteiger partial charge in [-0.3, -0.25) is 9.10 Å². The van der Waals surface area contributed by atoms with Gasteiger partial charge < -0.3 is 4.90 Å². The first-order valence-corrected chi connectivity index (χ1v) is 10.7. The van der Waals surface area contributed by atoms with E-state index in [1.54, 1.807) is 48.3 Å². The summed E-state index contributed by atoms with van der Waals surface area (Å²) in [6.07, 6.45) is 0. The van der Waals surface area contributed by atoms with Gasteiger partial charge in [-0.1, -0.05) is 54.1 Å². The Morgan fingerprint density at radius 2 is 1.59 bits per heavy atom. The molecule has 3 aromatic rings. The monoisotopic (exact) mass is 428 g/mol. The maximum absolute atomic E-state index is 13.0. The lowest BCUT2D eigenvalue weighted by atomic mass is 10.1. The van der Waals surface area contributed by atoms with Gasteiger partial charge in [-0.25, -0.2) is 8.42 Å². The molecule has 1 amide bonds. The average molecular weight is 429 g/mol. The summed E-state index contributed by atoms with van der Waals surface area (Å²) in [6, 6.07) is 22.3. The highest BCUT2D eigenvalue weighted by atomic mass is 35.5. The lowest BCUT2D eigenvalue weighted by molar-refractivity contribution is 0.0785. The molecule has 0 spiro atoms. The molecule has 0 saturated heterocycles. The highest BCUT2D eigenvalue weighted by Crippen LogP contribution is 2.25. The van der Waals surface area contributed by atoms with Crippen LogP contribution in [0, 0.1) is 0 Å². The van der Waals surface area contributed by atoms with Crippen LogP contribution < -0.4 is 4.31 Å². The number of amides is 1. The summed E-state index contributed by atoms with van der Waals surface area (Å²) in [5.41, 5.74) is 1.74. The topological polar surface area (TPSA) is 57.7 Å². The molecule has 0 heterocycles. The summed E-state index contributed by atoms with van der Waals surface area (Å²) in [7, 11) is -0.701. The maximum Gasteiger partial charge on any atom is 0.264 e. The van der Waals surface area contributed by atoms with E-state index in [0.29, 0.717) is 22.8 Å². The van der Waals surface area contributed by atoms with Gasteiger partial charge >= 0.3 is 0 Å². The molecule has 0 bridgehead atoms. The minimum Gasteiger partial charge on any atom is -0.337 e. The molecule has 0 N–H and O–H groups in total. The van der Waals surface area contributed by atoms with E-state index < -0.39 is 10.0 Å². The first-order chi connectivity index (χ1) is 13.8. The van der Waals surface area contributed by atoms with Crippen LogP contribution in [0.5, 0.6) is 0 Å². The van der Waals surface area contributed by atoms with Crippen molar-refractivity contribution in [3.63, 3.8) is 0 Å². The molecule has 150 valence electrons. The Hall–Kier alpha value is -2.83. The van der Waals surface area contributed by atoms with Gasteiger partial charge in [0.2, 0.25) is 0 Å². The fourth-order valence-electron chi connectivity index (χ4n) is 2.91. The summed E-state index contributed by atoms with van der Waals surface area (Å²) in [5, 5.41) is 0.441. The number of carbonyl (C=O) groups excluding carboxylic acids is 1. The van der Waals surface area contributed by atoms with Crippen LogP contribution in [-0.2, 0) is 16.6 Å². The number of hydrogen-bond acceptors (Lipinski definition) is 3. The average Bonchev–Trinajstić information content (AvgIpc) is 2.73. The van der Waals surface area contributed by atoms with E-state index in [1.165, 1.54) is 19.2 Å². The lowest BCUT2D eigenvalue weighted by Gasteiger charge is -2.21. The fraction of sp³-hybridized carbons (Fsp3) is 0.136. The summed E-state index contributed by atoms with van der Waals surface area (Å²) in [5.74, 6) is -0.253. The summed E-state index contributed by atoms with van der Waals surface area (Å²) < 4.78 is 27.2. The second kappa shape index (κ2) is 8.68. The molecule has 0 unspecified atom stereocenters. The molecule has 3 aromatic carbocycles. The first-order valence-electron chi connectivity index (χ1n) is 8.93. The Morgan fingerprint density at radius 3 is 2.28 bits per heavy atom. The van der Waals surface area contributed by atoms with Gasteiger partial charge in [0.05, 0.1) is 10.6 Å². The molecule has 3 rings (SSSR count). The van der Waals surface area contributed by atoms with E-state index in [9.17, 15) is 13.2 Å². The van der Waals surface area contributed by atoms with Crippen molar-refractivity contribution in [2.75, 3.05) is 18.4 Å². The predicted octanol–water partition coefficient (Wildman–Crippen LogP) is 4.44. The van der Waals surface area contributed by atoms with Crippen LogP contribution in [0.3, 0.4) is 0 Å². The third-order valence-electron chi connectivity index (χ3n) is 4.52. The molecule has 0 saturated carbocycles. The van der Waals surface area contributed by atoms with Crippen LogP contribution in [-0.4, -0.2) is 33.3 Å². The van der Waals surface area contributed by atoms with E-state index >= 15 is 0 Å². The Kier molecular flexibility index (Phi) is 6.25. The van der Waals surface area contributed by atoms with Gasteiger partial charge in [0, 0.05) is 31.2 Å². The van der Waals surface area contributed by atoms with E-state index in [1.807, 2.05) is 30.3 Å². The van der Waals surface area contributed by atoms with Crippen molar-refractivity contribution in [3.8, 4) is 0 Å². The Morgan fingerprint density at radius 1 is 0.897 bits per heavy atom. The van der Waals surface area contributed by atoms with E-state index in [0.717, 1.165) is 9.87 Å². The predicted molar refractivity (Wildman–Crippen MR) is 116 cm³/mol. The van der Waals surface area contributed by atoms with Gasteiger partial charge in [0.25, 0.3) is 15.9 Å². The van der Waals surface area contributed by atoms with Crippen molar-refractivity contribution in [2.45, 2.75) is 11.4 Å². The maximum atomic E-state index is 13.0. The van der Waals surface area contributed by atoms with Gasteiger partial charge in [-0.2, -0.15) is 0 Å². The standard InChI is InChI=1S/C22H21ClN2O3S/c1-24(16-17-8-4-3-5-9-17)22(26)18-10-6-13-21(14-18)29(27,28)25(2)20-12-7-11-19(23)15-20/h3-15H,16H2,1-2H3. The molecule has 29 heavy (non-hydrogen) atoms. The van der Waals surface area contributed by atoms with Crippen LogP contribution in [0.4, 0.5) is 5.69 Å². The molecule has 0 aliphatic rings. The molecule has 0 radical (unpaired) electrons. The number of hydrogen-bond donors (Lipinski definition) is 0. The fourth-order valence-corrected chi connectivity index (χ4v) is 4.33. The first kappa shape index (κ1) is 20.9. The number of anilines is 1. The molecule has 0 aliphatic heterocycles. The molecule has 0 aromatic heterocycles. The van der Waals surface area contributed by atoms with Crippen molar-refractivity contribution in [1.29, 1.82) is 0 Å². The zero-order valence-electron chi connectivity index (χ0n) is 16.1. The smallest absolute Gasteiger partial charge is 0.264 e. The summed E-state index contributed by atoms with van der Waals surface area (Å²) in [6.45, 7) is 0.430. The molecule has 5 nitrogen and oxygen atoms in total. The Bertz CT molecular complexity index is 1120. The molecule has 0 atom stereocenters. The number of benzene rings is 3. The molecule has 0 aliphatic carbocycles. The highest BCUT2D eigenvalue weighted by Gasteiger charge is 2.23. The van der Waals surface area contributed by atoms with Crippen LogP contribution >= 0.6 is 11.6 Å². The molecule has 0 fully saturated rings. The van der Waals surface area contributed by atoms with Gasteiger partial charge in [0.15, 0.2) is 0 Å². The Balaban J connectivity index is 1.85. The largest absolute Gasteiger partial charge is 0.337 e. The van der Waals surface area contributed by atoms with Crippen LogP contribution in [0.25, 0.3) is 0 Å². The van der Waals surface area contributed by atoms with Gasteiger partial charge in [-0.05, 0) is 42.0 Å². The SMILES string of the molecule is CN(Cc1ccccc1)C(=O)c1cccc(S(=O)(=O)N(C)c2cccc(Cl)c2)c1. The van der Waals surface area contributed by atoms with E-state index in [-0.39, 0.29) is 10.8 Å². The van der Waals surface area contributed by atoms with Crippen LogP contribution in [0.15, 0.2) is 83.8 Å². The van der Waals surface area contributed by atoms with Crippen molar-refractivity contribution in [2.24, 2.45) is 0 Å². The van der Waals surface area contributed by atoms with Crippen molar-refractivity contribution in [1.82, 2.24) is 4.90 Å². The molecule has 7 heteroatoms. The minimum absolute atomic E-state index is 0.0407. The number of nitrogens with zero attached hydrogens (tertiary/aromatic N) is 2. The lowest BCUT2D eigenvalue weighted by Crippen LogP contribution is -2.28. The zero-order valence-corrected chi connectivity index (χ0v) is 17.7. The second-order valence-electron chi connectivity index (χ2n) is 6.63. The van der Waals surface area contributed by atoms with E-state index in [4.69, 9.17) is 11.6 Å².